The van der Waals surface area contributed by atoms with Crippen molar-refractivity contribution in [1.82, 2.24) is 4.98 Å². The molecule has 230 valence electrons. The highest BCUT2D eigenvalue weighted by Crippen LogP contribution is 2.36. The second-order valence-electron chi connectivity index (χ2n) is 12.6. The van der Waals surface area contributed by atoms with Gasteiger partial charge in [-0.2, -0.15) is 0 Å². The first-order valence-corrected chi connectivity index (χ1v) is 16.6. The number of hydrogen-bond acceptors (Lipinski definition) is 1. The van der Waals surface area contributed by atoms with E-state index in [1.54, 1.807) is 0 Å². The Morgan fingerprint density at radius 2 is 1.38 bits per heavy atom. The molecule has 0 aliphatic heterocycles. The number of rotatable bonds is 7. The van der Waals surface area contributed by atoms with Crippen molar-refractivity contribution in [2.75, 3.05) is 0 Å². The predicted octanol–water partition coefficient (Wildman–Crippen LogP) is 12.2. The minimum atomic E-state index is 0.737. The number of hydrogen-bond donors (Lipinski definition) is 1. The second kappa shape index (κ2) is 12.7. The Bertz CT molecular complexity index is 2400. The number of nitrogens with zero attached hydrogens (tertiary/aromatic N) is 1. The maximum atomic E-state index is 5.08. The first kappa shape index (κ1) is 29.4. The zero-order valence-corrected chi connectivity index (χ0v) is 27.1. The Kier molecular flexibility index (Phi) is 7.76. The summed E-state index contributed by atoms with van der Waals surface area (Å²) >= 11 is 0. The van der Waals surface area contributed by atoms with Crippen LogP contribution in [0.5, 0.6) is 0 Å². The second-order valence-corrected chi connectivity index (χ2v) is 12.6. The number of nitrogens with one attached hydrogen (secondary N) is 1. The summed E-state index contributed by atoms with van der Waals surface area (Å²) in [4.78, 5) is 8.42. The topological polar surface area (TPSA) is 28.1 Å². The number of fused-ring (bicyclic) bond motifs is 4. The highest BCUT2D eigenvalue weighted by molar-refractivity contribution is 6.14. The van der Waals surface area contributed by atoms with Crippen LogP contribution in [0.4, 0.5) is 0 Å². The molecule has 1 aliphatic rings. The summed E-state index contributed by atoms with van der Waals surface area (Å²) in [5, 5.41) is 3.79. The molecule has 1 aliphatic carbocycles. The van der Waals surface area contributed by atoms with Crippen LogP contribution in [0.25, 0.3) is 61.3 Å². The maximum Gasteiger partial charge on any atom is 0.0712 e. The average Bonchev–Trinajstić information content (AvgIpc) is 3.63. The SMILES string of the molecule is C=C(/N=C(\C=C(/C)c1cc(-c2ccc3[nH]ccc3c2)cc(-c2ccc3ccc4c(c3c2)C=CCC4)c1)c1ccccc1)c1ccccc1. The number of aromatic nitrogens is 1. The number of aliphatic imine (C=N–C) groups is 1. The van der Waals surface area contributed by atoms with E-state index >= 15 is 0 Å². The molecule has 0 spiro atoms. The fraction of sp³-hybridized carbons (Fsp3) is 0.0652. The molecule has 2 nitrogen and oxygen atoms in total. The molecular formula is C46H36N2. The highest BCUT2D eigenvalue weighted by Gasteiger charge is 2.13. The molecule has 0 atom stereocenters. The molecule has 1 aromatic heterocycles. The van der Waals surface area contributed by atoms with Crippen LogP contribution in [0.1, 0.15) is 41.2 Å². The van der Waals surface area contributed by atoms with Gasteiger partial charge in [0, 0.05) is 17.3 Å². The van der Waals surface area contributed by atoms with Crippen molar-refractivity contribution in [1.29, 1.82) is 0 Å². The summed E-state index contributed by atoms with van der Waals surface area (Å²) in [7, 11) is 0. The van der Waals surface area contributed by atoms with Crippen LogP contribution in [0.15, 0.2) is 163 Å². The predicted molar refractivity (Wildman–Crippen MR) is 206 cm³/mol. The van der Waals surface area contributed by atoms with Gasteiger partial charge in [0.1, 0.15) is 0 Å². The van der Waals surface area contributed by atoms with E-state index in [1.807, 2.05) is 30.5 Å². The first-order valence-electron chi connectivity index (χ1n) is 16.6. The Morgan fingerprint density at radius 1 is 0.667 bits per heavy atom. The van der Waals surface area contributed by atoms with Gasteiger partial charge in [-0.3, -0.25) is 0 Å². The summed E-state index contributed by atoms with van der Waals surface area (Å²) in [5.41, 5.74) is 14.7. The lowest BCUT2D eigenvalue weighted by Crippen LogP contribution is -1.99. The number of aromatic amines is 1. The molecule has 1 N–H and O–H groups in total. The van der Waals surface area contributed by atoms with Gasteiger partial charge in [0.05, 0.1) is 11.4 Å². The normalized spacial score (nSPS) is 13.2. The van der Waals surface area contributed by atoms with Crippen molar-refractivity contribution in [2.45, 2.75) is 19.8 Å². The summed E-state index contributed by atoms with van der Waals surface area (Å²) in [6.45, 7) is 6.51. The van der Waals surface area contributed by atoms with Crippen molar-refractivity contribution in [3.05, 3.63) is 186 Å². The molecule has 1 heterocycles. The Balaban J connectivity index is 1.29. The first-order chi connectivity index (χ1) is 23.6. The summed E-state index contributed by atoms with van der Waals surface area (Å²) in [5.74, 6) is 0. The number of benzene rings is 6. The van der Waals surface area contributed by atoms with E-state index in [0.717, 1.165) is 52.0 Å². The molecule has 0 amide bonds. The standard InChI is InChI=1S/C46H36N2/c1-31(25-46(36-14-7-4-8-15-36)48-32(2)33-11-5-3-6-12-33)40-27-41(37-21-22-45-39(26-37)23-24-47-45)29-42(28-40)38-20-19-35-18-17-34-13-9-10-16-43(34)44(35)30-38/h3-8,10-12,14-30,47H,2,9,13H2,1H3/b31-25+,48-46+. The largest absolute Gasteiger partial charge is 0.361 e. The lowest BCUT2D eigenvalue weighted by atomic mass is 9.89. The van der Waals surface area contributed by atoms with Crippen molar-refractivity contribution in [2.24, 2.45) is 4.99 Å². The summed E-state index contributed by atoms with van der Waals surface area (Å²) < 4.78 is 0. The molecule has 0 bridgehead atoms. The smallest absolute Gasteiger partial charge is 0.0712 e. The van der Waals surface area contributed by atoms with E-state index < -0.39 is 0 Å². The minimum absolute atomic E-state index is 0.737. The van der Waals surface area contributed by atoms with Gasteiger partial charge in [-0.15, -0.1) is 0 Å². The number of allylic oxidation sites excluding steroid dienone is 3. The van der Waals surface area contributed by atoms with Gasteiger partial charge in [0.15, 0.2) is 0 Å². The van der Waals surface area contributed by atoms with Gasteiger partial charge in [0.2, 0.25) is 0 Å². The van der Waals surface area contributed by atoms with Crippen molar-refractivity contribution in [3.8, 4) is 22.3 Å². The van der Waals surface area contributed by atoms with E-state index in [9.17, 15) is 0 Å². The third-order valence-electron chi connectivity index (χ3n) is 9.41. The molecule has 6 aromatic carbocycles. The fourth-order valence-electron chi connectivity index (χ4n) is 6.76. The number of aryl methyl sites for hydroxylation is 1. The molecule has 0 radical (unpaired) electrons. The average molecular weight is 617 g/mol. The van der Waals surface area contributed by atoms with E-state index in [1.165, 1.54) is 49.5 Å². The fourth-order valence-corrected chi connectivity index (χ4v) is 6.76. The zero-order chi connectivity index (χ0) is 32.5. The molecule has 0 fully saturated rings. The minimum Gasteiger partial charge on any atom is -0.361 e. The third-order valence-corrected chi connectivity index (χ3v) is 9.41. The monoisotopic (exact) mass is 616 g/mol. The Labute approximate surface area is 282 Å². The quantitative estimate of drug-likeness (QED) is 0.173. The van der Waals surface area contributed by atoms with Gasteiger partial charge in [-0.25, -0.2) is 4.99 Å². The van der Waals surface area contributed by atoms with Crippen LogP contribution < -0.4 is 0 Å². The summed E-state index contributed by atoms with van der Waals surface area (Å²) in [6, 6.07) is 47.8. The van der Waals surface area contributed by atoms with Crippen LogP contribution in [0.2, 0.25) is 0 Å². The van der Waals surface area contributed by atoms with Gasteiger partial charge in [0.25, 0.3) is 0 Å². The molecule has 0 saturated carbocycles. The van der Waals surface area contributed by atoms with Crippen LogP contribution in [0.3, 0.4) is 0 Å². The zero-order valence-electron chi connectivity index (χ0n) is 27.1. The molecule has 8 rings (SSSR count). The van der Waals surface area contributed by atoms with Gasteiger partial charge < -0.3 is 4.98 Å². The van der Waals surface area contributed by atoms with E-state index in [2.05, 4.69) is 146 Å². The Hall–Kier alpha value is -5.99. The van der Waals surface area contributed by atoms with E-state index in [0.29, 0.717) is 0 Å². The molecule has 0 saturated heterocycles. The van der Waals surface area contributed by atoms with Crippen LogP contribution in [-0.2, 0) is 6.42 Å². The van der Waals surface area contributed by atoms with Crippen molar-refractivity contribution in [3.63, 3.8) is 0 Å². The van der Waals surface area contributed by atoms with Crippen molar-refractivity contribution < 1.29 is 0 Å². The maximum absolute atomic E-state index is 5.08. The van der Waals surface area contributed by atoms with Gasteiger partial charge >= 0.3 is 0 Å². The molecular weight excluding hydrogens is 581 g/mol. The van der Waals surface area contributed by atoms with Gasteiger partial charge in [-0.05, 0) is 135 Å². The van der Waals surface area contributed by atoms with E-state index in [-0.39, 0.29) is 0 Å². The number of H-pyrrole nitrogens is 1. The third kappa shape index (κ3) is 5.85. The molecule has 0 unspecified atom stereocenters. The molecule has 7 aromatic rings. The lowest BCUT2D eigenvalue weighted by molar-refractivity contribution is 0.990. The Morgan fingerprint density at radius 3 is 2.17 bits per heavy atom. The summed E-state index contributed by atoms with van der Waals surface area (Å²) in [6.07, 6.45) is 11.0. The van der Waals surface area contributed by atoms with Crippen LogP contribution in [-0.4, -0.2) is 10.7 Å². The van der Waals surface area contributed by atoms with Crippen LogP contribution >= 0.6 is 0 Å². The highest BCUT2D eigenvalue weighted by atomic mass is 14.8. The van der Waals surface area contributed by atoms with Crippen LogP contribution in [0, 0.1) is 0 Å². The molecule has 2 heteroatoms. The van der Waals surface area contributed by atoms with Gasteiger partial charge in [-0.1, -0.05) is 110 Å². The lowest BCUT2D eigenvalue weighted by Gasteiger charge is -2.16. The van der Waals surface area contributed by atoms with E-state index in [4.69, 9.17) is 4.99 Å². The van der Waals surface area contributed by atoms with Crippen molar-refractivity contribution >= 4 is 44.7 Å². The molecule has 48 heavy (non-hydrogen) atoms.